The van der Waals surface area contributed by atoms with E-state index in [2.05, 4.69) is 38.1 Å². The Labute approximate surface area is 177 Å². The molecule has 4 nitrogen and oxygen atoms in total. The van der Waals surface area contributed by atoms with Crippen LogP contribution in [0.5, 0.6) is 0 Å². The van der Waals surface area contributed by atoms with Gasteiger partial charge in [0.05, 0.1) is 11.3 Å². The zero-order chi connectivity index (χ0) is 21.8. The van der Waals surface area contributed by atoms with Crippen molar-refractivity contribution in [2.75, 3.05) is 0 Å². The maximum Gasteiger partial charge on any atom is 0.193 e. The van der Waals surface area contributed by atoms with Crippen LogP contribution in [0.25, 0.3) is 28.0 Å². The Morgan fingerprint density at radius 3 is 2.57 bits per heavy atom. The predicted octanol–water partition coefficient (Wildman–Crippen LogP) is 6.42. The molecule has 0 saturated heterocycles. The molecule has 30 heavy (non-hydrogen) atoms. The first-order valence-electron chi connectivity index (χ1n) is 10.6. The Morgan fingerprint density at radius 2 is 1.93 bits per heavy atom. The summed E-state index contributed by atoms with van der Waals surface area (Å²) in [6.45, 7) is 10.4. The van der Waals surface area contributed by atoms with Gasteiger partial charge in [-0.15, -0.1) is 0 Å². The first-order chi connectivity index (χ1) is 14.5. The number of Topliss-reactive ketones (excluding diaryl/α,β-unsaturated/α-hetero) is 1. The van der Waals surface area contributed by atoms with E-state index in [1.807, 2.05) is 30.6 Å². The van der Waals surface area contributed by atoms with E-state index in [9.17, 15) is 9.59 Å². The third-order valence-electron chi connectivity index (χ3n) is 5.13. The maximum atomic E-state index is 12.4. The molecule has 3 heterocycles. The molecule has 0 spiro atoms. The lowest BCUT2D eigenvalue weighted by Gasteiger charge is -2.18. The summed E-state index contributed by atoms with van der Waals surface area (Å²) in [6, 6.07) is 7.70. The first-order valence-corrected chi connectivity index (χ1v) is 10.6. The Hall–Kier alpha value is -3.14. The lowest BCUT2D eigenvalue weighted by atomic mass is 9.97. The number of carbonyl (C=O) groups excluding carboxylic acids is 1. The molecule has 0 unspecified atom stereocenters. The van der Waals surface area contributed by atoms with Crippen LogP contribution in [-0.2, 0) is 13.0 Å². The number of allylic oxidation sites excluding steroid dienone is 4. The molecule has 3 aromatic rings. The van der Waals surface area contributed by atoms with Crippen LogP contribution in [-0.4, -0.2) is 10.4 Å². The molecule has 0 radical (unpaired) electrons. The number of nitrogens with zero attached hydrogens (tertiary/aromatic N) is 1. The van der Waals surface area contributed by atoms with Gasteiger partial charge in [-0.05, 0) is 32.8 Å². The topological polar surface area (TPSA) is 52.2 Å². The fourth-order valence-electron chi connectivity index (χ4n) is 3.83. The third-order valence-corrected chi connectivity index (χ3v) is 5.13. The number of fused-ring (bicyclic) bond motifs is 5. The van der Waals surface area contributed by atoms with E-state index in [0.29, 0.717) is 6.54 Å². The number of benzene rings is 1. The second-order valence-electron chi connectivity index (χ2n) is 7.48. The monoisotopic (exact) mass is 403 g/mol. The average molecular weight is 404 g/mol. The van der Waals surface area contributed by atoms with Crippen LogP contribution in [0.3, 0.4) is 0 Å². The van der Waals surface area contributed by atoms with Gasteiger partial charge in [-0.2, -0.15) is 0 Å². The van der Waals surface area contributed by atoms with Gasteiger partial charge >= 0.3 is 0 Å². The van der Waals surface area contributed by atoms with Gasteiger partial charge < -0.3 is 8.98 Å². The summed E-state index contributed by atoms with van der Waals surface area (Å²) in [5, 5.41) is 1.08. The van der Waals surface area contributed by atoms with Crippen LogP contribution in [0.1, 0.15) is 62.5 Å². The molecular formula is C26H29NO3. The summed E-state index contributed by atoms with van der Waals surface area (Å²) in [5.74, 6) is 0.517. The molecule has 4 heteroatoms. The number of hydrogen-bond acceptors (Lipinski definition) is 3. The summed E-state index contributed by atoms with van der Waals surface area (Å²) < 4.78 is 8.26. The molecule has 1 aromatic carbocycles. The molecule has 0 fully saturated rings. The summed E-state index contributed by atoms with van der Waals surface area (Å²) in [4.78, 5) is 24.1. The van der Waals surface area contributed by atoms with Crippen LogP contribution >= 0.6 is 0 Å². The molecule has 4 rings (SSSR count). The molecule has 1 aliphatic heterocycles. The number of para-hydroxylation sites is 1. The van der Waals surface area contributed by atoms with E-state index >= 15 is 0 Å². The van der Waals surface area contributed by atoms with Crippen molar-refractivity contribution in [1.82, 2.24) is 4.57 Å². The highest BCUT2D eigenvalue weighted by molar-refractivity contribution is 5.98. The van der Waals surface area contributed by atoms with Gasteiger partial charge in [0.1, 0.15) is 5.58 Å². The Morgan fingerprint density at radius 1 is 1.20 bits per heavy atom. The highest BCUT2D eigenvalue weighted by atomic mass is 16.3. The third kappa shape index (κ3) is 3.82. The number of ketones is 1. The van der Waals surface area contributed by atoms with Crippen LogP contribution in [0.15, 0.2) is 57.9 Å². The molecule has 1 aliphatic rings. The van der Waals surface area contributed by atoms with E-state index in [-0.39, 0.29) is 16.8 Å². The van der Waals surface area contributed by atoms with Crippen molar-refractivity contribution in [3.63, 3.8) is 0 Å². The second kappa shape index (κ2) is 9.12. The molecule has 0 amide bonds. The minimum absolute atomic E-state index is 0.211. The van der Waals surface area contributed by atoms with Crippen molar-refractivity contribution in [2.45, 2.75) is 54.0 Å². The zero-order valence-electron chi connectivity index (χ0n) is 18.4. The number of pyridine rings is 1. The normalized spacial score (nSPS) is 13.0. The highest BCUT2D eigenvalue weighted by Crippen LogP contribution is 2.39. The summed E-state index contributed by atoms with van der Waals surface area (Å²) in [6.07, 6.45) is 9.85. The van der Waals surface area contributed by atoms with Gasteiger partial charge in [0.25, 0.3) is 0 Å². The van der Waals surface area contributed by atoms with Crippen LogP contribution < -0.4 is 5.43 Å². The average Bonchev–Trinajstić information content (AvgIpc) is 3.11. The lowest BCUT2D eigenvalue weighted by Crippen LogP contribution is -2.20. The van der Waals surface area contributed by atoms with Crippen LogP contribution in [0.4, 0.5) is 0 Å². The molecule has 0 aliphatic carbocycles. The van der Waals surface area contributed by atoms with Crippen molar-refractivity contribution < 1.29 is 9.21 Å². The number of furan rings is 1. The van der Waals surface area contributed by atoms with Crippen molar-refractivity contribution in [3.8, 4) is 11.5 Å². The number of rotatable bonds is 3. The van der Waals surface area contributed by atoms with Gasteiger partial charge in [-0.25, -0.2) is 0 Å². The number of carbonyl (C=O) groups is 1. The highest BCUT2D eigenvalue weighted by Gasteiger charge is 2.25. The Kier molecular flexibility index (Phi) is 6.56. The van der Waals surface area contributed by atoms with Crippen molar-refractivity contribution in [3.05, 3.63) is 75.6 Å². The molecule has 0 atom stereocenters. The fourth-order valence-corrected chi connectivity index (χ4v) is 3.83. The number of hydrogen-bond donors (Lipinski definition) is 0. The lowest BCUT2D eigenvalue weighted by molar-refractivity contribution is 0.101. The second-order valence-corrected chi connectivity index (χ2v) is 7.48. The Balaban J connectivity index is 0.000000806. The zero-order valence-corrected chi connectivity index (χ0v) is 18.4. The van der Waals surface area contributed by atoms with Crippen LogP contribution in [0.2, 0.25) is 0 Å². The van der Waals surface area contributed by atoms with E-state index < -0.39 is 0 Å². The van der Waals surface area contributed by atoms with Crippen molar-refractivity contribution in [1.29, 1.82) is 0 Å². The molecular weight excluding hydrogens is 374 g/mol. The maximum absolute atomic E-state index is 12.4. The van der Waals surface area contributed by atoms with E-state index in [1.54, 1.807) is 6.20 Å². The number of aryl methyl sites for hydroxylation is 2. The Bertz CT molecular complexity index is 1200. The molecule has 2 aromatic heterocycles. The summed E-state index contributed by atoms with van der Waals surface area (Å²) >= 11 is 0. The number of aromatic nitrogens is 1. The minimum Gasteiger partial charge on any atom is -0.454 e. The van der Waals surface area contributed by atoms with E-state index in [1.165, 1.54) is 19.4 Å². The van der Waals surface area contributed by atoms with Crippen molar-refractivity contribution >= 4 is 22.3 Å². The van der Waals surface area contributed by atoms with Gasteiger partial charge in [0, 0.05) is 35.3 Å². The molecule has 0 N–H and O–H groups in total. The first kappa shape index (κ1) is 21.6. The largest absolute Gasteiger partial charge is 0.454 e. The predicted molar refractivity (Wildman–Crippen MR) is 124 cm³/mol. The van der Waals surface area contributed by atoms with Gasteiger partial charge in [-0.3, -0.25) is 9.59 Å². The van der Waals surface area contributed by atoms with Gasteiger partial charge in [-0.1, -0.05) is 56.7 Å². The SMILES string of the molecule is C/C=C\C(=C/C)c1cccc2c3c(oc12)-c1cc(=O)c(C(C)=O)cn1CC3.CCC. The van der Waals surface area contributed by atoms with Crippen LogP contribution in [0, 0.1) is 0 Å². The van der Waals surface area contributed by atoms with E-state index in [4.69, 9.17) is 4.42 Å². The minimum atomic E-state index is -0.259. The summed E-state index contributed by atoms with van der Waals surface area (Å²) in [5.41, 5.74) is 4.80. The smallest absolute Gasteiger partial charge is 0.193 e. The molecule has 156 valence electrons. The molecule has 0 bridgehead atoms. The summed E-state index contributed by atoms with van der Waals surface area (Å²) in [7, 11) is 0. The molecule has 0 saturated carbocycles. The standard InChI is InChI=1S/C23H21NO3.C3H8/c1-4-7-15(5-2)16-8-6-9-17-18-10-11-24-13-19(14(3)25)21(26)12-20(24)23(18)27-22(16)17;1-3-2/h4-9,12-13H,10-11H2,1-3H3;3H2,1-2H3/b7-4-,15-5+;. The van der Waals surface area contributed by atoms with Gasteiger partial charge in [0.2, 0.25) is 0 Å². The van der Waals surface area contributed by atoms with Gasteiger partial charge in [0.15, 0.2) is 17.0 Å². The van der Waals surface area contributed by atoms with Crippen molar-refractivity contribution in [2.24, 2.45) is 0 Å². The fraction of sp³-hybridized carbons (Fsp3) is 0.308. The quantitative estimate of drug-likeness (QED) is 0.375. The van der Waals surface area contributed by atoms with E-state index in [0.717, 1.165) is 45.5 Å².